The first-order valence-corrected chi connectivity index (χ1v) is 11.4. The molecule has 0 fully saturated rings. The Balaban J connectivity index is 1.47. The van der Waals surface area contributed by atoms with Gasteiger partial charge in [0.15, 0.2) is 5.76 Å². The average Bonchev–Trinajstić information content (AvgIpc) is 3.52. The molecule has 0 saturated heterocycles. The Bertz CT molecular complexity index is 1380. The van der Waals surface area contributed by atoms with Crippen molar-refractivity contribution < 1.29 is 23.7 Å². The maximum Gasteiger partial charge on any atom is 0.294 e. The summed E-state index contributed by atoms with van der Waals surface area (Å²) >= 11 is 2.75. The van der Waals surface area contributed by atoms with Gasteiger partial charge in [-0.2, -0.15) is 0 Å². The van der Waals surface area contributed by atoms with E-state index in [-0.39, 0.29) is 6.61 Å². The number of thiazole rings is 1. The van der Waals surface area contributed by atoms with Crippen LogP contribution in [0.4, 0.5) is 0 Å². The molecule has 0 atom stereocenters. The SMILES string of the molecule is COc1cc(OCc2csc(C(C)(C)O)n2)c2cc(-c3cn4nc(OC)sc4n3)oc2c1. The van der Waals surface area contributed by atoms with E-state index in [9.17, 15) is 5.11 Å². The summed E-state index contributed by atoms with van der Waals surface area (Å²) in [5.74, 6) is 1.81. The first kappa shape index (κ1) is 20.7. The van der Waals surface area contributed by atoms with Crippen LogP contribution in [0, 0.1) is 0 Å². The van der Waals surface area contributed by atoms with Crippen molar-refractivity contribution in [1.29, 1.82) is 0 Å². The second-order valence-electron chi connectivity index (χ2n) is 7.57. The number of fused-ring (bicyclic) bond motifs is 2. The number of furan rings is 1. The number of imidazole rings is 1. The largest absolute Gasteiger partial charge is 0.496 e. The van der Waals surface area contributed by atoms with Crippen LogP contribution in [0.5, 0.6) is 16.7 Å². The van der Waals surface area contributed by atoms with Crippen molar-refractivity contribution in [3.8, 4) is 28.1 Å². The molecule has 0 saturated carbocycles. The van der Waals surface area contributed by atoms with Gasteiger partial charge in [-0.1, -0.05) is 0 Å². The zero-order valence-electron chi connectivity index (χ0n) is 17.8. The maximum absolute atomic E-state index is 10.1. The van der Waals surface area contributed by atoms with Crippen molar-refractivity contribution in [1.82, 2.24) is 19.6 Å². The Morgan fingerprint density at radius 1 is 1.16 bits per heavy atom. The Kier molecular flexibility index (Phi) is 5.03. The lowest BCUT2D eigenvalue weighted by atomic mass is 10.2. The van der Waals surface area contributed by atoms with Crippen LogP contribution in [0.25, 0.3) is 27.4 Å². The molecule has 4 aromatic heterocycles. The minimum absolute atomic E-state index is 0.249. The van der Waals surface area contributed by atoms with Crippen molar-refractivity contribution in [2.45, 2.75) is 26.1 Å². The predicted molar refractivity (Wildman–Crippen MR) is 121 cm³/mol. The Morgan fingerprint density at radius 2 is 2.00 bits per heavy atom. The molecule has 0 unspecified atom stereocenters. The average molecular weight is 473 g/mol. The zero-order chi connectivity index (χ0) is 22.5. The number of methoxy groups -OCH3 is 2. The highest BCUT2D eigenvalue weighted by Gasteiger charge is 2.21. The van der Waals surface area contributed by atoms with Gasteiger partial charge in [0.2, 0.25) is 4.96 Å². The first-order valence-electron chi connectivity index (χ1n) is 9.66. The number of aliphatic hydroxyl groups is 1. The van der Waals surface area contributed by atoms with E-state index in [2.05, 4.69) is 15.1 Å². The van der Waals surface area contributed by atoms with Gasteiger partial charge in [0.1, 0.15) is 40.0 Å². The van der Waals surface area contributed by atoms with Gasteiger partial charge < -0.3 is 23.7 Å². The van der Waals surface area contributed by atoms with E-state index >= 15 is 0 Å². The fraction of sp³-hybridized carbons (Fsp3) is 0.286. The lowest BCUT2D eigenvalue weighted by Crippen LogP contribution is -2.15. The minimum Gasteiger partial charge on any atom is -0.496 e. The monoisotopic (exact) mass is 472 g/mol. The third-order valence-corrected chi connectivity index (χ3v) is 6.80. The van der Waals surface area contributed by atoms with Gasteiger partial charge in [-0.3, -0.25) is 0 Å². The standard InChI is InChI=1S/C21H20N4O5S2/c1-21(2,26)18-22-11(10-31-18)9-29-15-5-12(27-3)6-16-13(15)7-17(30-16)14-8-25-19(23-14)32-20(24-25)28-4/h5-8,10,26H,9H2,1-4H3. The van der Waals surface area contributed by atoms with Gasteiger partial charge in [-0.05, 0) is 31.3 Å². The summed E-state index contributed by atoms with van der Waals surface area (Å²) in [6.45, 7) is 3.67. The second-order valence-corrected chi connectivity index (χ2v) is 9.34. The van der Waals surface area contributed by atoms with Crippen LogP contribution in [0.15, 0.2) is 34.2 Å². The van der Waals surface area contributed by atoms with Crippen LogP contribution in [-0.2, 0) is 12.2 Å². The minimum atomic E-state index is -0.983. The van der Waals surface area contributed by atoms with Crippen LogP contribution in [0.2, 0.25) is 0 Å². The highest BCUT2D eigenvalue weighted by molar-refractivity contribution is 7.18. The van der Waals surface area contributed by atoms with Crippen molar-refractivity contribution in [2.24, 2.45) is 0 Å². The molecule has 5 rings (SSSR count). The van der Waals surface area contributed by atoms with E-state index < -0.39 is 5.60 Å². The third kappa shape index (κ3) is 3.78. The normalized spacial score (nSPS) is 12.0. The number of hydrogen-bond donors (Lipinski definition) is 1. The number of hydrogen-bond acceptors (Lipinski definition) is 10. The molecule has 166 valence electrons. The summed E-state index contributed by atoms with van der Waals surface area (Å²) in [6, 6.07) is 5.50. The molecule has 0 radical (unpaired) electrons. The van der Waals surface area contributed by atoms with Gasteiger partial charge in [-0.25, -0.2) is 14.5 Å². The quantitative estimate of drug-likeness (QED) is 0.370. The smallest absolute Gasteiger partial charge is 0.294 e. The molecular formula is C21H20N4O5S2. The molecule has 0 aliphatic carbocycles. The molecular weight excluding hydrogens is 452 g/mol. The van der Waals surface area contributed by atoms with Crippen LogP contribution in [-0.4, -0.2) is 38.9 Å². The molecule has 1 N–H and O–H groups in total. The first-order chi connectivity index (χ1) is 15.3. The molecule has 0 amide bonds. The topological polar surface area (TPSA) is 104 Å². The molecule has 1 aromatic carbocycles. The highest BCUT2D eigenvalue weighted by atomic mass is 32.1. The van der Waals surface area contributed by atoms with Gasteiger partial charge in [0.05, 0.1) is 31.5 Å². The molecule has 9 nitrogen and oxygen atoms in total. The molecule has 0 aliphatic rings. The fourth-order valence-electron chi connectivity index (χ4n) is 3.14. The predicted octanol–water partition coefficient (Wildman–Crippen LogP) is 4.48. The maximum atomic E-state index is 10.1. The molecule has 0 aliphatic heterocycles. The summed E-state index contributed by atoms with van der Waals surface area (Å²) in [6.07, 6.45) is 1.79. The van der Waals surface area contributed by atoms with Crippen LogP contribution < -0.4 is 14.2 Å². The summed E-state index contributed by atoms with van der Waals surface area (Å²) in [4.78, 5) is 9.75. The summed E-state index contributed by atoms with van der Waals surface area (Å²) in [5.41, 5.74) is 1.03. The number of rotatable bonds is 7. The Morgan fingerprint density at radius 3 is 2.69 bits per heavy atom. The molecule has 0 bridgehead atoms. The molecule has 11 heteroatoms. The number of nitrogens with zero attached hydrogens (tertiary/aromatic N) is 4. The van der Waals surface area contributed by atoms with Gasteiger partial charge in [0.25, 0.3) is 5.19 Å². The van der Waals surface area contributed by atoms with E-state index in [1.54, 1.807) is 44.8 Å². The van der Waals surface area contributed by atoms with Crippen LogP contribution >= 0.6 is 22.7 Å². The number of ether oxygens (including phenoxy) is 3. The third-order valence-electron chi connectivity index (χ3n) is 4.71. The lowest BCUT2D eigenvalue weighted by Gasteiger charge is -2.12. The van der Waals surface area contributed by atoms with Gasteiger partial charge in [0, 0.05) is 17.5 Å². The number of benzene rings is 1. The van der Waals surface area contributed by atoms with Crippen molar-refractivity contribution in [2.75, 3.05) is 14.2 Å². The molecule has 32 heavy (non-hydrogen) atoms. The van der Waals surface area contributed by atoms with E-state index in [1.165, 1.54) is 22.7 Å². The van der Waals surface area contributed by atoms with E-state index in [0.717, 1.165) is 11.1 Å². The van der Waals surface area contributed by atoms with Crippen molar-refractivity contribution in [3.05, 3.63) is 40.5 Å². The van der Waals surface area contributed by atoms with E-state index in [4.69, 9.17) is 18.6 Å². The summed E-state index contributed by atoms with van der Waals surface area (Å²) in [7, 11) is 3.16. The van der Waals surface area contributed by atoms with Crippen LogP contribution in [0.1, 0.15) is 24.5 Å². The molecule has 0 spiro atoms. The Labute approximate surface area is 190 Å². The van der Waals surface area contributed by atoms with E-state index in [1.807, 2.05) is 17.5 Å². The van der Waals surface area contributed by atoms with Crippen molar-refractivity contribution >= 4 is 38.6 Å². The summed E-state index contributed by atoms with van der Waals surface area (Å²) in [5, 5.41) is 18.3. The fourth-order valence-corrected chi connectivity index (χ4v) is 4.66. The molecule has 5 aromatic rings. The van der Waals surface area contributed by atoms with Crippen LogP contribution in [0.3, 0.4) is 0 Å². The lowest BCUT2D eigenvalue weighted by molar-refractivity contribution is 0.0779. The number of aromatic nitrogens is 4. The highest BCUT2D eigenvalue weighted by Crippen LogP contribution is 2.37. The molecule has 4 heterocycles. The van der Waals surface area contributed by atoms with E-state index in [0.29, 0.717) is 43.7 Å². The summed E-state index contributed by atoms with van der Waals surface area (Å²) < 4.78 is 24.3. The Hall–Kier alpha value is -3.15. The van der Waals surface area contributed by atoms with Gasteiger partial charge in [-0.15, -0.1) is 16.4 Å². The van der Waals surface area contributed by atoms with Gasteiger partial charge >= 0.3 is 0 Å². The zero-order valence-corrected chi connectivity index (χ0v) is 19.4. The second kappa shape index (κ2) is 7.76. The van der Waals surface area contributed by atoms with Crippen molar-refractivity contribution in [3.63, 3.8) is 0 Å².